The quantitative estimate of drug-likeness (QED) is 0.512. The molecule has 1 aliphatic rings. The minimum absolute atomic E-state index is 0.0584. The third-order valence-electron chi connectivity index (χ3n) is 5.34. The van der Waals surface area contributed by atoms with Crippen LogP contribution in [-0.2, 0) is 14.4 Å². The summed E-state index contributed by atoms with van der Waals surface area (Å²) in [6.07, 6.45) is 0.787. The van der Waals surface area contributed by atoms with E-state index < -0.39 is 11.3 Å². The number of aryl methyl sites for hydroxylation is 1. The zero-order valence-corrected chi connectivity index (χ0v) is 21.4. The van der Waals surface area contributed by atoms with E-state index in [0.717, 1.165) is 12.0 Å². The van der Waals surface area contributed by atoms with Gasteiger partial charge in [-0.1, -0.05) is 48.5 Å². The van der Waals surface area contributed by atoms with Gasteiger partial charge < -0.3 is 15.4 Å². The summed E-state index contributed by atoms with van der Waals surface area (Å²) in [6.45, 7) is 8.46. The minimum atomic E-state index is -0.754. The maximum atomic E-state index is 13.3. The summed E-state index contributed by atoms with van der Waals surface area (Å²) in [5, 5.41) is 5.32. The molecule has 186 valence electrons. The van der Waals surface area contributed by atoms with Crippen molar-refractivity contribution in [2.24, 2.45) is 4.99 Å². The number of likely N-dealkylation sites (N-methyl/N-ethyl adjacent to an activating group) is 1. The highest BCUT2D eigenvalue weighted by Gasteiger charge is 2.43. The molecule has 1 heterocycles. The van der Waals surface area contributed by atoms with Crippen LogP contribution < -0.4 is 15.4 Å². The van der Waals surface area contributed by atoms with E-state index in [1.165, 1.54) is 16.7 Å². The van der Waals surface area contributed by atoms with E-state index in [0.29, 0.717) is 35.4 Å². The zero-order valence-electron chi connectivity index (χ0n) is 20.5. The number of thioether (sulfide) groups is 1. The lowest BCUT2D eigenvalue weighted by atomic mass is 10.2. The van der Waals surface area contributed by atoms with Crippen LogP contribution in [0.4, 0.5) is 11.4 Å². The number of hydrogen-bond donors (Lipinski definition) is 2. The summed E-state index contributed by atoms with van der Waals surface area (Å²) < 4.78 is 5.71. The van der Waals surface area contributed by atoms with Gasteiger partial charge in [-0.05, 0) is 51.5 Å². The Balaban J connectivity index is 1.80. The summed E-state index contributed by atoms with van der Waals surface area (Å²) in [4.78, 5) is 44.8. The first kappa shape index (κ1) is 26.3. The topological polar surface area (TPSA) is 100 Å². The molecule has 2 atom stereocenters. The van der Waals surface area contributed by atoms with Crippen molar-refractivity contribution < 1.29 is 19.1 Å². The van der Waals surface area contributed by atoms with Crippen LogP contribution in [0.5, 0.6) is 5.75 Å². The van der Waals surface area contributed by atoms with Crippen molar-refractivity contribution in [2.75, 3.05) is 18.5 Å². The van der Waals surface area contributed by atoms with E-state index in [-0.39, 0.29) is 24.1 Å². The number of amidine groups is 1. The molecule has 8 nitrogen and oxygen atoms in total. The molecule has 3 amide bonds. The van der Waals surface area contributed by atoms with Gasteiger partial charge in [0, 0.05) is 13.0 Å². The molecule has 0 aliphatic carbocycles. The van der Waals surface area contributed by atoms with Gasteiger partial charge in [0.05, 0.1) is 18.0 Å². The van der Waals surface area contributed by atoms with E-state index in [2.05, 4.69) is 15.6 Å². The summed E-state index contributed by atoms with van der Waals surface area (Å²) >= 11 is 1.20. The molecule has 0 aromatic heterocycles. The summed E-state index contributed by atoms with van der Waals surface area (Å²) in [6, 6.07) is 14.0. The Bertz CT molecular complexity index is 1090. The van der Waals surface area contributed by atoms with Crippen LogP contribution in [0.2, 0.25) is 0 Å². The maximum Gasteiger partial charge on any atom is 0.243 e. The highest BCUT2D eigenvalue weighted by molar-refractivity contribution is 8.15. The van der Waals surface area contributed by atoms with E-state index in [1.54, 1.807) is 19.1 Å². The average molecular weight is 497 g/mol. The SMILES string of the molecule is CCCOc1ccccc1NC(=O)CC1SC(=Nc2ccc(C)cc2)N(C(C)C(=O)NCC)C1=O. The van der Waals surface area contributed by atoms with Gasteiger partial charge in [0.25, 0.3) is 0 Å². The molecule has 2 aromatic rings. The van der Waals surface area contributed by atoms with Gasteiger partial charge >= 0.3 is 0 Å². The maximum absolute atomic E-state index is 13.3. The Morgan fingerprint density at radius 3 is 2.54 bits per heavy atom. The Labute approximate surface area is 210 Å². The second kappa shape index (κ2) is 12.4. The van der Waals surface area contributed by atoms with Crippen molar-refractivity contribution in [3.63, 3.8) is 0 Å². The number of carbonyl (C=O) groups excluding carboxylic acids is 3. The molecule has 0 saturated carbocycles. The number of amides is 3. The van der Waals surface area contributed by atoms with Crippen molar-refractivity contribution in [1.82, 2.24) is 10.2 Å². The molecule has 9 heteroatoms. The predicted octanol–water partition coefficient (Wildman–Crippen LogP) is 4.27. The van der Waals surface area contributed by atoms with Crippen molar-refractivity contribution in [1.29, 1.82) is 0 Å². The second-order valence-corrected chi connectivity index (χ2v) is 9.38. The first-order valence-corrected chi connectivity index (χ1v) is 12.7. The number of hydrogen-bond acceptors (Lipinski definition) is 6. The van der Waals surface area contributed by atoms with Gasteiger partial charge in [0.1, 0.15) is 17.0 Å². The largest absolute Gasteiger partial charge is 0.491 e. The van der Waals surface area contributed by atoms with E-state index >= 15 is 0 Å². The average Bonchev–Trinajstić information content (AvgIpc) is 3.13. The number of para-hydroxylation sites is 2. The fraction of sp³-hybridized carbons (Fsp3) is 0.385. The Morgan fingerprint density at radius 2 is 1.86 bits per heavy atom. The van der Waals surface area contributed by atoms with Crippen molar-refractivity contribution in [2.45, 2.75) is 51.8 Å². The molecule has 2 N–H and O–H groups in total. The molecule has 35 heavy (non-hydrogen) atoms. The standard InChI is InChI=1S/C26H32N4O4S/c1-5-15-34-21-10-8-7-9-20(21)29-23(31)16-22-25(33)30(18(4)24(32)27-6-2)26(35-22)28-19-13-11-17(3)12-14-19/h7-14,18,22H,5-6,15-16H2,1-4H3,(H,27,32)(H,29,31). The molecule has 0 bridgehead atoms. The number of rotatable bonds is 10. The van der Waals surface area contributed by atoms with E-state index in [1.807, 2.05) is 57.2 Å². The van der Waals surface area contributed by atoms with Gasteiger partial charge in [0.2, 0.25) is 17.7 Å². The first-order chi connectivity index (χ1) is 16.8. The van der Waals surface area contributed by atoms with Crippen LogP contribution in [-0.4, -0.2) is 52.2 Å². The number of aliphatic imine (C=N–C) groups is 1. The molecular weight excluding hydrogens is 464 g/mol. The van der Waals surface area contributed by atoms with Crippen molar-refractivity contribution in [3.05, 3.63) is 54.1 Å². The van der Waals surface area contributed by atoms with Crippen molar-refractivity contribution in [3.8, 4) is 5.75 Å². The number of ether oxygens (including phenoxy) is 1. The van der Waals surface area contributed by atoms with E-state index in [4.69, 9.17) is 4.74 Å². The van der Waals surface area contributed by atoms with Crippen LogP contribution in [0.3, 0.4) is 0 Å². The highest BCUT2D eigenvalue weighted by Crippen LogP contribution is 2.34. The third kappa shape index (κ3) is 6.85. The Hall–Kier alpha value is -3.33. The molecule has 1 fully saturated rings. The van der Waals surface area contributed by atoms with Gasteiger partial charge in [-0.25, -0.2) is 4.99 Å². The van der Waals surface area contributed by atoms with E-state index in [9.17, 15) is 14.4 Å². The number of anilines is 1. The fourth-order valence-electron chi connectivity index (χ4n) is 3.50. The first-order valence-electron chi connectivity index (χ1n) is 11.8. The Morgan fingerprint density at radius 1 is 1.14 bits per heavy atom. The molecule has 1 aliphatic heterocycles. The molecule has 2 unspecified atom stereocenters. The smallest absolute Gasteiger partial charge is 0.243 e. The highest BCUT2D eigenvalue weighted by atomic mass is 32.2. The predicted molar refractivity (Wildman–Crippen MR) is 140 cm³/mol. The summed E-state index contributed by atoms with van der Waals surface area (Å²) in [5.74, 6) is -0.317. The van der Waals surface area contributed by atoms with Gasteiger partial charge in [-0.3, -0.25) is 19.3 Å². The van der Waals surface area contributed by atoms with Crippen LogP contribution in [0.15, 0.2) is 53.5 Å². The lowest BCUT2D eigenvalue weighted by Gasteiger charge is -2.23. The molecular formula is C26H32N4O4S. The van der Waals surface area contributed by atoms with Crippen LogP contribution in [0.1, 0.15) is 39.2 Å². The number of nitrogens with zero attached hydrogens (tertiary/aromatic N) is 2. The Kier molecular flexibility index (Phi) is 9.31. The van der Waals surface area contributed by atoms with Crippen LogP contribution in [0.25, 0.3) is 0 Å². The van der Waals surface area contributed by atoms with Crippen molar-refractivity contribution >= 4 is 46.0 Å². The number of benzene rings is 2. The lowest BCUT2D eigenvalue weighted by Crippen LogP contribution is -2.48. The number of carbonyl (C=O) groups is 3. The molecule has 0 radical (unpaired) electrons. The number of nitrogens with one attached hydrogen (secondary N) is 2. The van der Waals surface area contributed by atoms with Crippen LogP contribution >= 0.6 is 11.8 Å². The van der Waals surface area contributed by atoms with Gasteiger partial charge in [-0.2, -0.15) is 0 Å². The second-order valence-electron chi connectivity index (χ2n) is 8.21. The summed E-state index contributed by atoms with van der Waals surface area (Å²) in [7, 11) is 0. The van der Waals surface area contributed by atoms with Crippen LogP contribution in [0, 0.1) is 6.92 Å². The monoisotopic (exact) mass is 496 g/mol. The molecule has 0 spiro atoms. The van der Waals surface area contributed by atoms with Gasteiger partial charge in [0.15, 0.2) is 5.17 Å². The molecule has 2 aromatic carbocycles. The normalized spacial score (nSPS) is 17.4. The molecule has 1 saturated heterocycles. The zero-order chi connectivity index (χ0) is 25.4. The molecule has 3 rings (SSSR count). The fourth-order valence-corrected chi connectivity index (χ4v) is 4.72. The third-order valence-corrected chi connectivity index (χ3v) is 6.49. The van der Waals surface area contributed by atoms with Gasteiger partial charge in [-0.15, -0.1) is 0 Å². The minimum Gasteiger partial charge on any atom is -0.491 e. The summed E-state index contributed by atoms with van der Waals surface area (Å²) in [5.41, 5.74) is 2.32. The lowest BCUT2D eigenvalue weighted by molar-refractivity contribution is -0.135.